The van der Waals surface area contributed by atoms with Gasteiger partial charge in [0.25, 0.3) is 6.47 Å². The van der Waals surface area contributed by atoms with Crippen LogP contribution in [0.4, 0.5) is 0 Å². The second-order valence-electron chi connectivity index (χ2n) is 2.61. The number of carbonyl (C=O) groups is 2. The van der Waals surface area contributed by atoms with Crippen molar-refractivity contribution in [3.8, 4) is 11.5 Å². The first-order valence-corrected chi connectivity index (χ1v) is 3.98. The molecule has 0 saturated heterocycles. The maximum Gasteiger partial charge on any atom is 0.328 e. The minimum absolute atomic E-state index is 0.0919. The van der Waals surface area contributed by atoms with Crippen LogP contribution in [0.25, 0.3) is 6.08 Å². The molecule has 0 unspecified atom stereocenters. The number of phenols is 1. The molecule has 0 saturated carbocycles. The molecule has 5 heteroatoms. The third-order valence-electron chi connectivity index (χ3n) is 1.59. The van der Waals surface area contributed by atoms with Crippen molar-refractivity contribution in [1.82, 2.24) is 0 Å². The third-order valence-corrected chi connectivity index (χ3v) is 1.59. The molecule has 0 aromatic heterocycles. The van der Waals surface area contributed by atoms with Gasteiger partial charge in [0, 0.05) is 11.6 Å². The van der Waals surface area contributed by atoms with Crippen molar-refractivity contribution < 1.29 is 24.5 Å². The van der Waals surface area contributed by atoms with Gasteiger partial charge >= 0.3 is 5.97 Å². The summed E-state index contributed by atoms with van der Waals surface area (Å²) >= 11 is 0. The molecule has 5 nitrogen and oxygen atoms in total. The number of benzene rings is 1. The number of ether oxygens (including phenoxy) is 1. The number of carboxylic acids is 1. The number of aliphatic carboxylic acids is 1. The lowest BCUT2D eigenvalue weighted by Gasteiger charge is -2.01. The lowest BCUT2D eigenvalue weighted by molar-refractivity contribution is -0.131. The standard InChI is InChI=1S/C10H8O5/c11-6-15-8-2-3-9(12)7(5-8)1-4-10(13)14/h1-6,12H,(H,13,14)/b4-1+. The van der Waals surface area contributed by atoms with Gasteiger partial charge in [0.2, 0.25) is 0 Å². The Morgan fingerprint density at radius 3 is 2.73 bits per heavy atom. The predicted octanol–water partition coefficient (Wildman–Crippen LogP) is 1.03. The Morgan fingerprint density at radius 1 is 1.40 bits per heavy atom. The molecule has 1 aromatic carbocycles. The average molecular weight is 208 g/mol. The SMILES string of the molecule is O=COc1ccc(O)c(/C=C/C(=O)O)c1. The Labute approximate surface area is 85.2 Å². The molecule has 0 spiro atoms. The molecule has 0 atom stereocenters. The van der Waals surface area contributed by atoms with E-state index in [0.717, 1.165) is 6.08 Å². The summed E-state index contributed by atoms with van der Waals surface area (Å²) in [6.45, 7) is 0.247. The van der Waals surface area contributed by atoms with E-state index in [4.69, 9.17) is 5.11 Å². The Morgan fingerprint density at radius 2 is 2.13 bits per heavy atom. The summed E-state index contributed by atoms with van der Waals surface area (Å²) in [5, 5.41) is 17.7. The molecule has 2 N–H and O–H groups in total. The highest BCUT2D eigenvalue weighted by Gasteiger charge is 2.01. The minimum Gasteiger partial charge on any atom is -0.507 e. The second-order valence-corrected chi connectivity index (χ2v) is 2.61. The summed E-state index contributed by atoms with van der Waals surface area (Å²) < 4.78 is 4.54. The van der Waals surface area contributed by atoms with Gasteiger partial charge in [-0.15, -0.1) is 0 Å². The van der Waals surface area contributed by atoms with Crippen LogP contribution in [0.5, 0.6) is 11.5 Å². The van der Waals surface area contributed by atoms with E-state index in [1.165, 1.54) is 24.3 Å². The van der Waals surface area contributed by atoms with E-state index in [1.807, 2.05) is 0 Å². The Hall–Kier alpha value is -2.30. The highest BCUT2D eigenvalue weighted by Crippen LogP contribution is 2.23. The average Bonchev–Trinajstić information content (AvgIpc) is 2.19. The fourth-order valence-electron chi connectivity index (χ4n) is 0.956. The minimum atomic E-state index is -1.13. The van der Waals surface area contributed by atoms with Crippen LogP contribution < -0.4 is 4.74 Å². The van der Waals surface area contributed by atoms with Gasteiger partial charge in [0.15, 0.2) is 0 Å². The lowest BCUT2D eigenvalue weighted by Crippen LogP contribution is -1.89. The largest absolute Gasteiger partial charge is 0.507 e. The summed E-state index contributed by atoms with van der Waals surface area (Å²) in [7, 11) is 0. The Bertz CT molecular complexity index is 408. The first kappa shape index (κ1) is 10.8. The Balaban J connectivity index is 2.99. The summed E-state index contributed by atoms with van der Waals surface area (Å²) in [5.41, 5.74) is 0.261. The van der Waals surface area contributed by atoms with E-state index in [-0.39, 0.29) is 23.5 Å². The molecule has 1 rings (SSSR count). The van der Waals surface area contributed by atoms with Crippen LogP contribution >= 0.6 is 0 Å². The number of carboxylic acid groups (broad SMARTS) is 1. The zero-order valence-electron chi connectivity index (χ0n) is 7.58. The van der Waals surface area contributed by atoms with Gasteiger partial charge < -0.3 is 14.9 Å². The van der Waals surface area contributed by atoms with Crippen molar-refractivity contribution in [1.29, 1.82) is 0 Å². The van der Waals surface area contributed by atoms with E-state index in [9.17, 15) is 14.7 Å². The number of rotatable bonds is 4. The van der Waals surface area contributed by atoms with E-state index >= 15 is 0 Å². The number of hydrogen-bond acceptors (Lipinski definition) is 4. The number of aromatic hydroxyl groups is 1. The smallest absolute Gasteiger partial charge is 0.328 e. The molecular formula is C10H8O5. The van der Waals surface area contributed by atoms with Gasteiger partial charge in [-0.2, -0.15) is 0 Å². The summed E-state index contributed by atoms with van der Waals surface area (Å²) in [6.07, 6.45) is 2.08. The molecule has 0 aliphatic heterocycles. The molecule has 78 valence electrons. The number of carbonyl (C=O) groups excluding carboxylic acids is 1. The summed E-state index contributed by atoms with van der Waals surface area (Å²) in [6, 6.07) is 4.05. The topological polar surface area (TPSA) is 83.8 Å². The quantitative estimate of drug-likeness (QED) is 0.570. The van der Waals surface area contributed by atoms with Crippen LogP contribution in [0.2, 0.25) is 0 Å². The van der Waals surface area contributed by atoms with Crippen molar-refractivity contribution in [3.63, 3.8) is 0 Å². The van der Waals surface area contributed by atoms with E-state index in [2.05, 4.69) is 4.74 Å². The van der Waals surface area contributed by atoms with Crippen LogP contribution in [0, 0.1) is 0 Å². The maximum atomic E-state index is 10.2. The van der Waals surface area contributed by atoms with Gasteiger partial charge in [-0.05, 0) is 24.3 Å². The van der Waals surface area contributed by atoms with Crippen molar-refractivity contribution in [2.24, 2.45) is 0 Å². The highest BCUT2D eigenvalue weighted by atomic mass is 16.5. The molecule has 0 aliphatic carbocycles. The molecule has 15 heavy (non-hydrogen) atoms. The second kappa shape index (κ2) is 4.80. The maximum absolute atomic E-state index is 10.2. The zero-order chi connectivity index (χ0) is 11.3. The fourth-order valence-corrected chi connectivity index (χ4v) is 0.956. The van der Waals surface area contributed by atoms with Crippen molar-refractivity contribution >= 4 is 18.5 Å². The van der Waals surface area contributed by atoms with Gasteiger partial charge in [0.1, 0.15) is 11.5 Å². The number of phenolic OH excluding ortho intramolecular Hbond substituents is 1. The first-order valence-electron chi connectivity index (χ1n) is 3.98. The van der Waals surface area contributed by atoms with Crippen LogP contribution in [0.3, 0.4) is 0 Å². The van der Waals surface area contributed by atoms with Gasteiger partial charge in [-0.3, -0.25) is 4.79 Å². The first-order chi connectivity index (χ1) is 7.13. The van der Waals surface area contributed by atoms with Gasteiger partial charge in [-0.25, -0.2) is 4.79 Å². The Kier molecular flexibility index (Phi) is 3.45. The molecular weight excluding hydrogens is 200 g/mol. The van der Waals surface area contributed by atoms with Crippen molar-refractivity contribution in [3.05, 3.63) is 29.8 Å². The molecule has 1 aromatic rings. The molecule has 0 fully saturated rings. The van der Waals surface area contributed by atoms with Crippen LogP contribution in [-0.4, -0.2) is 22.7 Å². The lowest BCUT2D eigenvalue weighted by atomic mass is 10.2. The van der Waals surface area contributed by atoms with Crippen LogP contribution in [-0.2, 0) is 9.59 Å². The predicted molar refractivity (Wildman–Crippen MR) is 51.5 cm³/mol. The van der Waals surface area contributed by atoms with E-state index in [0.29, 0.717) is 0 Å². The zero-order valence-corrected chi connectivity index (χ0v) is 7.58. The van der Waals surface area contributed by atoms with E-state index < -0.39 is 5.97 Å². The van der Waals surface area contributed by atoms with Crippen LogP contribution in [0.15, 0.2) is 24.3 Å². The normalized spacial score (nSPS) is 10.1. The van der Waals surface area contributed by atoms with Crippen molar-refractivity contribution in [2.45, 2.75) is 0 Å². The molecule has 0 bridgehead atoms. The van der Waals surface area contributed by atoms with Gasteiger partial charge in [-0.1, -0.05) is 0 Å². The molecule has 0 radical (unpaired) electrons. The number of hydrogen-bond donors (Lipinski definition) is 2. The fraction of sp³-hybridized carbons (Fsp3) is 0. The summed E-state index contributed by atoms with van der Waals surface area (Å²) in [4.78, 5) is 20.3. The van der Waals surface area contributed by atoms with Crippen molar-refractivity contribution in [2.75, 3.05) is 0 Å². The molecule has 0 amide bonds. The van der Waals surface area contributed by atoms with E-state index in [1.54, 1.807) is 0 Å². The molecule has 0 aliphatic rings. The van der Waals surface area contributed by atoms with Crippen LogP contribution in [0.1, 0.15) is 5.56 Å². The summed E-state index contributed by atoms with van der Waals surface area (Å²) in [5.74, 6) is -0.991. The monoisotopic (exact) mass is 208 g/mol. The van der Waals surface area contributed by atoms with Gasteiger partial charge in [0.05, 0.1) is 0 Å². The molecule has 0 heterocycles. The highest BCUT2D eigenvalue weighted by molar-refractivity contribution is 5.86. The third kappa shape index (κ3) is 3.15.